The van der Waals surface area contributed by atoms with Crippen LogP contribution in [0.1, 0.15) is 21.1 Å². The zero-order chi connectivity index (χ0) is 18.1. The van der Waals surface area contributed by atoms with E-state index in [2.05, 4.69) is 15.3 Å². The molecule has 3 heterocycles. The number of hydrogen-bond donors (Lipinski definition) is 0. The van der Waals surface area contributed by atoms with Crippen LogP contribution in [0.15, 0.2) is 30.3 Å². The molecule has 4 rings (SSSR count). The molecule has 0 aliphatic carbocycles. The van der Waals surface area contributed by atoms with Gasteiger partial charge in [0.1, 0.15) is 15.6 Å². The number of morpholine rings is 1. The predicted octanol–water partition coefficient (Wildman–Crippen LogP) is 2.48. The first-order valence-electron chi connectivity index (χ1n) is 8.47. The van der Waals surface area contributed by atoms with Crippen molar-refractivity contribution in [1.29, 1.82) is 0 Å². The number of aryl methyl sites for hydroxylation is 1. The summed E-state index contributed by atoms with van der Waals surface area (Å²) < 4.78 is 7.11. The van der Waals surface area contributed by atoms with Crippen LogP contribution in [0, 0.1) is 13.8 Å². The number of benzene rings is 1. The topological polar surface area (TPSA) is 73.1 Å². The lowest BCUT2D eigenvalue weighted by molar-refractivity contribution is 0.0305. The minimum absolute atomic E-state index is 0.0163. The SMILES string of the molecule is Cc1nc(-c2nnn(-c3ccccc3)c2C)sc1C(=O)N1CCOCC1. The zero-order valence-corrected chi connectivity index (χ0v) is 15.5. The van der Waals surface area contributed by atoms with Crippen LogP contribution in [0.3, 0.4) is 0 Å². The standard InChI is InChI=1S/C18H19N5O2S/c1-12-16(18(24)22-8-10-25-11-9-22)26-17(19-12)15-13(2)23(21-20-15)14-6-4-3-5-7-14/h3-7H,8-11H2,1-2H3. The van der Waals surface area contributed by atoms with Gasteiger partial charge < -0.3 is 9.64 Å². The van der Waals surface area contributed by atoms with E-state index in [0.29, 0.717) is 36.9 Å². The maximum absolute atomic E-state index is 12.8. The monoisotopic (exact) mass is 369 g/mol. The van der Waals surface area contributed by atoms with E-state index in [1.807, 2.05) is 49.1 Å². The van der Waals surface area contributed by atoms with Crippen molar-refractivity contribution in [3.8, 4) is 16.4 Å². The fourth-order valence-electron chi connectivity index (χ4n) is 2.95. The molecule has 0 saturated carbocycles. The van der Waals surface area contributed by atoms with Crippen molar-refractivity contribution >= 4 is 17.2 Å². The second-order valence-electron chi connectivity index (χ2n) is 6.11. The van der Waals surface area contributed by atoms with Crippen molar-refractivity contribution in [3.63, 3.8) is 0 Å². The normalized spacial score (nSPS) is 14.6. The van der Waals surface area contributed by atoms with E-state index >= 15 is 0 Å². The van der Waals surface area contributed by atoms with Crippen LogP contribution < -0.4 is 0 Å². The van der Waals surface area contributed by atoms with Gasteiger partial charge in [0.05, 0.1) is 30.3 Å². The molecule has 7 nitrogen and oxygen atoms in total. The molecule has 1 aromatic carbocycles. The Kier molecular flexibility index (Phi) is 4.52. The number of hydrogen-bond acceptors (Lipinski definition) is 6. The summed E-state index contributed by atoms with van der Waals surface area (Å²) in [7, 11) is 0. The van der Waals surface area contributed by atoms with Crippen molar-refractivity contribution < 1.29 is 9.53 Å². The summed E-state index contributed by atoms with van der Waals surface area (Å²) in [5.74, 6) is 0.0163. The Balaban J connectivity index is 1.65. The van der Waals surface area contributed by atoms with Crippen LogP contribution in [0.5, 0.6) is 0 Å². The molecular weight excluding hydrogens is 350 g/mol. The number of nitrogens with zero attached hydrogens (tertiary/aromatic N) is 5. The van der Waals surface area contributed by atoms with E-state index in [-0.39, 0.29) is 5.91 Å². The van der Waals surface area contributed by atoms with Gasteiger partial charge in [-0.2, -0.15) is 0 Å². The molecule has 2 aromatic heterocycles. The third-order valence-electron chi connectivity index (χ3n) is 4.39. The molecule has 1 amide bonds. The van der Waals surface area contributed by atoms with Gasteiger partial charge in [-0.15, -0.1) is 16.4 Å². The van der Waals surface area contributed by atoms with Gasteiger partial charge in [0.15, 0.2) is 0 Å². The van der Waals surface area contributed by atoms with Gasteiger partial charge in [-0.1, -0.05) is 23.4 Å². The first-order chi connectivity index (χ1) is 12.6. The predicted molar refractivity (Wildman–Crippen MR) is 98.7 cm³/mol. The van der Waals surface area contributed by atoms with E-state index in [4.69, 9.17) is 4.74 Å². The summed E-state index contributed by atoms with van der Waals surface area (Å²) in [6, 6.07) is 9.84. The van der Waals surface area contributed by atoms with Gasteiger partial charge in [0, 0.05) is 13.1 Å². The summed E-state index contributed by atoms with van der Waals surface area (Å²) in [4.78, 5) is 19.8. The Morgan fingerprint density at radius 1 is 1.15 bits per heavy atom. The molecular formula is C18H19N5O2S. The first-order valence-corrected chi connectivity index (χ1v) is 9.29. The Morgan fingerprint density at radius 2 is 1.88 bits per heavy atom. The number of para-hydroxylation sites is 1. The summed E-state index contributed by atoms with van der Waals surface area (Å²) in [6.45, 7) is 6.23. The van der Waals surface area contributed by atoms with Crippen LogP contribution in [-0.2, 0) is 4.74 Å². The van der Waals surface area contributed by atoms with Crippen molar-refractivity contribution in [2.75, 3.05) is 26.3 Å². The highest BCUT2D eigenvalue weighted by Gasteiger charge is 2.25. The van der Waals surface area contributed by atoms with Crippen molar-refractivity contribution in [3.05, 3.63) is 46.6 Å². The highest BCUT2D eigenvalue weighted by Crippen LogP contribution is 2.30. The first kappa shape index (κ1) is 16.9. The van der Waals surface area contributed by atoms with Crippen LogP contribution in [-0.4, -0.2) is 57.1 Å². The van der Waals surface area contributed by atoms with Crippen molar-refractivity contribution in [1.82, 2.24) is 24.9 Å². The Labute approximate surface area is 155 Å². The number of aromatic nitrogens is 4. The lowest BCUT2D eigenvalue weighted by Gasteiger charge is -2.26. The van der Waals surface area contributed by atoms with Crippen molar-refractivity contribution in [2.45, 2.75) is 13.8 Å². The lowest BCUT2D eigenvalue weighted by atomic mass is 10.3. The molecule has 1 fully saturated rings. The highest BCUT2D eigenvalue weighted by molar-refractivity contribution is 7.17. The average molecular weight is 369 g/mol. The summed E-state index contributed by atoms with van der Waals surface area (Å²) in [6.07, 6.45) is 0. The van der Waals surface area contributed by atoms with Gasteiger partial charge >= 0.3 is 0 Å². The maximum Gasteiger partial charge on any atom is 0.266 e. The van der Waals surface area contributed by atoms with E-state index < -0.39 is 0 Å². The minimum atomic E-state index is 0.0163. The molecule has 0 radical (unpaired) electrons. The Morgan fingerprint density at radius 3 is 2.62 bits per heavy atom. The highest BCUT2D eigenvalue weighted by atomic mass is 32.1. The fraction of sp³-hybridized carbons (Fsp3) is 0.333. The summed E-state index contributed by atoms with van der Waals surface area (Å²) in [5.41, 5.74) is 3.29. The number of thiazole rings is 1. The smallest absolute Gasteiger partial charge is 0.266 e. The third-order valence-corrected chi connectivity index (χ3v) is 5.54. The number of carbonyl (C=O) groups excluding carboxylic acids is 1. The number of ether oxygens (including phenoxy) is 1. The second kappa shape index (κ2) is 6.97. The van der Waals surface area contributed by atoms with E-state index in [9.17, 15) is 4.79 Å². The van der Waals surface area contributed by atoms with Gasteiger partial charge in [-0.05, 0) is 26.0 Å². The van der Waals surface area contributed by atoms with Gasteiger partial charge in [0.25, 0.3) is 5.91 Å². The molecule has 8 heteroatoms. The molecule has 0 unspecified atom stereocenters. The molecule has 0 bridgehead atoms. The molecule has 26 heavy (non-hydrogen) atoms. The van der Waals surface area contributed by atoms with Crippen molar-refractivity contribution in [2.24, 2.45) is 0 Å². The van der Waals surface area contributed by atoms with Crippen LogP contribution >= 0.6 is 11.3 Å². The van der Waals surface area contributed by atoms with Crippen LogP contribution in [0.2, 0.25) is 0 Å². The van der Waals surface area contributed by atoms with E-state index in [1.165, 1.54) is 11.3 Å². The number of amides is 1. The molecule has 134 valence electrons. The number of rotatable bonds is 3. The van der Waals surface area contributed by atoms with E-state index in [1.54, 1.807) is 4.68 Å². The average Bonchev–Trinajstić information content (AvgIpc) is 3.25. The third kappa shape index (κ3) is 3.02. The number of carbonyl (C=O) groups is 1. The van der Waals surface area contributed by atoms with E-state index in [0.717, 1.165) is 22.1 Å². The van der Waals surface area contributed by atoms with Gasteiger partial charge in [0.2, 0.25) is 0 Å². The Bertz CT molecular complexity index is 928. The molecule has 1 aliphatic rings. The second-order valence-corrected chi connectivity index (χ2v) is 7.11. The maximum atomic E-state index is 12.8. The molecule has 0 atom stereocenters. The summed E-state index contributed by atoms with van der Waals surface area (Å²) in [5, 5.41) is 9.28. The quantitative estimate of drug-likeness (QED) is 0.709. The Hall–Kier alpha value is -2.58. The largest absolute Gasteiger partial charge is 0.378 e. The fourth-order valence-corrected chi connectivity index (χ4v) is 4.02. The minimum Gasteiger partial charge on any atom is -0.378 e. The van der Waals surface area contributed by atoms with Gasteiger partial charge in [-0.25, -0.2) is 9.67 Å². The molecule has 0 spiro atoms. The lowest BCUT2D eigenvalue weighted by Crippen LogP contribution is -2.40. The molecule has 0 N–H and O–H groups in total. The van der Waals surface area contributed by atoms with Crippen LogP contribution in [0.25, 0.3) is 16.4 Å². The van der Waals surface area contributed by atoms with Gasteiger partial charge in [-0.3, -0.25) is 4.79 Å². The summed E-state index contributed by atoms with van der Waals surface area (Å²) >= 11 is 1.38. The molecule has 1 saturated heterocycles. The zero-order valence-electron chi connectivity index (χ0n) is 14.7. The molecule has 1 aliphatic heterocycles. The van der Waals surface area contributed by atoms with Crippen LogP contribution in [0.4, 0.5) is 0 Å². The molecule has 3 aromatic rings.